The van der Waals surface area contributed by atoms with Crippen molar-refractivity contribution in [3.8, 4) is 5.00 Å². The summed E-state index contributed by atoms with van der Waals surface area (Å²) in [4.78, 5) is 18.2. The third-order valence-electron chi connectivity index (χ3n) is 5.48. The molecule has 5 rings (SSSR count). The Labute approximate surface area is 181 Å². The van der Waals surface area contributed by atoms with Gasteiger partial charge in [0.15, 0.2) is 5.82 Å². The monoisotopic (exact) mass is 444 g/mol. The first kappa shape index (κ1) is 19.4. The third-order valence-corrected chi connectivity index (χ3v) is 7.04. The molecule has 1 atom stereocenters. The fourth-order valence-corrected chi connectivity index (χ4v) is 5.91. The van der Waals surface area contributed by atoms with Crippen LogP contribution in [0, 0.1) is 18.7 Å². The molecule has 154 valence electrons. The molecule has 0 saturated carbocycles. The summed E-state index contributed by atoms with van der Waals surface area (Å²) in [5.74, 6) is 0.564. The molecule has 0 spiro atoms. The Balaban J connectivity index is 1.72. The molecule has 30 heavy (non-hydrogen) atoms. The van der Waals surface area contributed by atoms with Crippen LogP contribution in [0.3, 0.4) is 0 Å². The molecular formula is C21H18ClFN4O2S. The summed E-state index contributed by atoms with van der Waals surface area (Å²) in [7, 11) is 0. The SMILES string of the molecule is CCOC(=O)C1Cc2sc3c(c2C1)C(c1c(F)cccc1Cl)=NCc1nnc(C)n1-3. The minimum atomic E-state index is -0.429. The highest BCUT2D eigenvalue weighted by Gasteiger charge is 2.38. The molecule has 0 fully saturated rings. The predicted molar refractivity (Wildman–Crippen MR) is 112 cm³/mol. The number of aromatic nitrogens is 3. The van der Waals surface area contributed by atoms with E-state index in [4.69, 9.17) is 21.3 Å². The molecule has 6 nitrogen and oxygen atoms in total. The number of halogens is 2. The van der Waals surface area contributed by atoms with E-state index in [0.29, 0.717) is 36.0 Å². The standard InChI is InChI=1S/C21H18ClFN4O2S/c1-3-29-21(28)11-7-12-15(8-11)30-20-17(12)19(18-13(22)5-4-6-14(18)23)24-9-16-26-25-10(2)27(16)20/h4-6,11H,3,7-9H2,1-2H3. The minimum absolute atomic E-state index is 0.202. The first-order chi connectivity index (χ1) is 14.5. The molecule has 1 aliphatic heterocycles. The van der Waals surface area contributed by atoms with Crippen LogP contribution in [-0.2, 0) is 28.9 Å². The molecule has 0 N–H and O–H groups in total. The summed E-state index contributed by atoms with van der Waals surface area (Å²) < 4.78 is 22.1. The normalized spacial score (nSPS) is 17.1. The number of hydrogen-bond donors (Lipinski definition) is 0. The number of carbonyl (C=O) groups is 1. The average Bonchev–Trinajstić information content (AvgIpc) is 3.34. The van der Waals surface area contributed by atoms with Crippen molar-refractivity contribution in [2.24, 2.45) is 10.9 Å². The van der Waals surface area contributed by atoms with Gasteiger partial charge in [0, 0.05) is 10.4 Å². The molecule has 1 unspecified atom stereocenters. The lowest BCUT2D eigenvalue weighted by Gasteiger charge is -2.13. The number of hydrogen-bond acceptors (Lipinski definition) is 6. The summed E-state index contributed by atoms with van der Waals surface area (Å²) in [5.41, 5.74) is 2.60. The summed E-state index contributed by atoms with van der Waals surface area (Å²) in [6.07, 6.45) is 1.13. The molecule has 0 saturated heterocycles. The number of rotatable bonds is 3. The van der Waals surface area contributed by atoms with Gasteiger partial charge >= 0.3 is 5.97 Å². The Morgan fingerprint density at radius 1 is 1.33 bits per heavy atom. The fourth-order valence-electron chi connectivity index (χ4n) is 4.18. The number of aryl methyl sites for hydroxylation is 1. The molecule has 0 amide bonds. The second kappa shape index (κ2) is 7.28. The predicted octanol–water partition coefficient (Wildman–Crippen LogP) is 4.06. The lowest BCUT2D eigenvalue weighted by atomic mass is 9.97. The van der Waals surface area contributed by atoms with Gasteiger partial charge in [-0.25, -0.2) is 4.39 Å². The maximum atomic E-state index is 14.9. The molecule has 1 aromatic carbocycles. The van der Waals surface area contributed by atoms with E-state index < -0.39 is 5.82 Å². The highest BCUT2D eigenvalue weighted by molar-refractivity contribution is 7.15. The van der Waals surface area contributed by atoms with Crippen LogP contribution in [0.15, 0.2) is 23.2 Å². The van der Waals surface area contributed by atoms with E-state index in [0.717, 1.165) is 26.8 Å². The van der Waals surface area contributed by atoms with E-state index in [9.17, 15) is 9.18 Å². The van der Waals surface area contributed by atoms with Gasteiger partial charge in [0.05, 0.1) is 28.8 Å². The Hall–Kier alpha value is -2.58. The van der Waals surface area contributed by atoms with Crippen molar-refractivity contribution in [1.29, 1.82) is 0 Å². The van der Waals surface area contributed by atoms with E-state index in [1.165, 1.54) is 6.07 Å². The van der Waals surface area contributed by atoms with Crippen LogP contribution in [-0.4, -0.2) is 33.1 Å². The van der Waals surface area contributed by atoms with Crippen LogP contribution < -0.4 is 0 Å². The van der Waals surface area contributed by atoms with Crippen molar-refractivity contribution in [1.82, 2.24) is 14.8 Å². The van der Waals surface area contributed by atoms with Crippen molar-refractivity contribution < 1.29 is 13.9 Å². The van der Waals surface area contributed by atoms with Crippen LogP contribution in [0.1, 0.15) is 40.1 Å². The largest absolute Gasteiger partial charge is 0.466 e. The third kappa shape index (κ3) is 2.89. The lowest BCUT2D eigenvalue weighted by Crippen LogP contribution is -2.19. The number of ether oxygens (including phenoxy) is 1. The Kier molecular flexibility index (Phi) is 4.71. The van der Waals surface area contributed by atoms with Gasteiger partial charge in [-0.1, -0.05) is 17.7 Å². The molecule has 2 aliphatic rings. The molecule has 9 heteroatoms. The van der Waals surface area contributed by atoms with E-state index in [1.807, 2.05) is 11.5 Å². The Morgan fingerprint density at radius 3 is 2.93 bits per heavy atom. The number of thiophene rings is 1. The van der Waals surface area contributed by atoms with Crippen molar-refractivity contribution >= 4 is 34.6 Å². The molecule has 3 aromatic rings. The minimum Gasteiger partial charge on any atom is -0.466 e. The average molecular weight is 445 g/mol. The molecule has 0 bridgehead atoms. The number of benzene rings is 1. The number of nitrogens with zero attached hydrogens (tertiary/aromatic N) is 4. The van der Waals surface area contributed by atoms with Crippen LogP contribution in [0.5, 0.6) is 0 Å². The van der Waals surface area contributed by atoms with E-state index in [1.54, 1.807) is 30.4 Å². The summed E-state index contributed by atoms with van der Waals surface area (Å²) in [6.45, 7) is 4.30. The van der Waals surface area contributed by atoms with Gasteiger partial charge in [0.2, 0.25) is 0 Å². The molecular weight excluding hydrogens is 427 g/mol. The Morgan fingerprint density at radius 2 is 2.17 bits per heavy atom. The molecule has 3 heterocycles. The van der Waals surface area contributed by atoms with Crippen molar-refractivity contribution in [3.63, 3.8) is 0 Å². The van der Waals surface area contributed by atoms with Gasteiger partial charge in [0.25, 0.3) is 0 Å². The van der Waals surface area contributed by atoms with Crippen LogP contribution >= 0.6 is 22.9 Å². The highest BCUT2D eigenvalue weighted by atomic mass is 35.5. The topological polar surface area (TPSA) is 69.4 Å². The first-order valence-electron chi connectivity index (χ1n) is 9.71. The first-order valence-corrected chi connectivity index (χ1v) is 10.9. The van der Waals surface area contributed by atoms with Crippen LogP contribution in [0.25, 0.3) is 5.00 Å². The van der Waals surface area contributed by atoms with Gasteiger partial charge < -0.3 is 4.74 Å². The van der Waals surface area contributed by atoms with Crippen molar-refractivity contribution in [2.45, 2.75) is 33.2 Å². The summed E-state index contributed by atoms with van der Waals surface area (Å²) in [5, 5.41) is 9.65. The smallest absolute Gasteiger partial charge is 0.309 e. The summed E-state index contributed by atoms with van der Waals surface area (Å²) >= 11 is 7.99. The maximum Gasteiger partial charge on any atom is 0.309 e. The van der Waals surface area contributed by atoms with E-state index >= 15 is 0 Å². The van der Waals surface area contributed by atoms with E-state index in [-0.39, 0.29) is 24.0 Å². The second-order valence-corrected chi connectivity index (χ2v) is 8.79. The van der Waals surface area contributed by atoms with Gasteiger partial charge in [-0.3, -0.25) is 14.4 Å². The quantitative estimate of drug-likeness (QED) is 0.571. The zero-order chi connectivity index (χ0) is 21.0. The summed E-state index contributed by atoms with van der Waals surface area (Å²) in [6, 6.07) is 4.62. The zero-order valence-electron chi connectivity index (χ0n) is 16.4. The van der Waals surface area contributed by atoms with Crippen molar-refractivity contribution in [3.05, 3.63) is 62.3 Å². The van der Waals surface area contributed by atoms with E-state index in [2.05, 4.69) is 10.2 Å². The van der Waals surface area contributed by atoms with Gasteiger partial charge in [0.1, 0.15) is 23.2 Å². The number of carbonyl (C=O) groups excluding carboxylic acids is 1. The van der Waals surface area contributed by atoms with Gasteiger partial charge in [-0.05, 0) is 44.4 Å². The van der Waals surface area contributed by atoms with Crippen LogP contribution in [0.4, 0.5) is 4.39 Å². The Bertz CT molecular complexity index is 1200. The number of fused-ring (bicyclic) bond motifs is 5. The maximum absolute atomic E-state index is 14.9. The van der Waals surface area contributed by atoms with Gasteiger partial charge in [-0.2, -0.15) is 0 Å². The molecule has 2 aromatic heterocycles. The fraction of sp³-hybridized carbons (Fsp3) is 0.333. The van der Waals surface area contributed by atoms with Crippen molar-refractivity contribution in [2.75, 3.05) is 6.61 Å². The lowest BCUT2D eigenvalue weighted by molar-refractivity contribution is -0.147. The highest BCUT2D eigenvalue weighted by Crippen LogP contribution is 2.44. The van der Waals surface area contributed by atoms with Gasteiger partial charge in [-0.15, -0.1) is 21.5 Å². The molecule has 1 aliphatic carbocycles. The molecule has 0 radical (unpaired) electrons. The second-order valence-electron chi connectivity index (χ2n) is 7.30. The zero-order valence-corrected chi connectivity index (χ0v) is 18.0. The number of esters is 1. The number of aliphatic imine (C=N–C) groups is 1. The van der Waals surface area contributed by atoms with Crippen LogP contribution in [0.2, 0.25) is 5.02 Å².